The van der Waals surface area contributed by atoms with E-state index in [9.17, 15) is 17.7 Å². The molecular formula is C13H12ClF3N3O4P. The predicted molar refractivity (Wildman–Crippen MR) is 84.1 cm³/mol. The SMILES string of the molecule is COc1cc(CP(=O)(O)O)ccc1Nc1ncc(C(F)(F)F)c(Cl)n1. The van der Waals surface area contributed by atoms with E-state index in [0.29, 0.717) is 11.8 Å². The number of methoxy groups -OCH3 is 1. The van der Waals surface area contributed by atoms with Gasteiger partial charge in [-0.3, -0.25) is 4.57 Å². The van der Waals surface area contributed by atoms with E-state index in [2.05, 4.69) is 15.3 Å². The number of nitrogens with one attached hydrogen (secondary N) is 1. The monoisotopic (exact) mass is 397 g/mol. The van der Waals surface area contributed by atoms with Gasteiger partial charge in [0.1, 0.15) is 16.5 Å². The third-order valence-corrected chi connectivity index (χ3v) is 4.01. The lowest BCUT2D eigenvalue weighted by Gasteiger charge is -2.13. The van der Waals surface area contributed by atoms with Crippen molar-refractivity contribution in [3.8, 4) is 5.75 Å². The van der Waals surface area contributed by atoms with Crippen LogP contribution in [0.25, 0.3) is 0 Å². The van der Waals surface area contributed by atoms with Crippen molar-refractivity contribution in [2.45, 2.75) is 12.3 Å². The average molecular weight is 398 g/mol. The second kappa shape index (κ2) is 7.17. The molecule has 0 saturated heterocycles. The van der Waals surface area contributed by atoms with Gasteiger partial charge in [-0.15, -0.1) is 0 Å². The van der Waals surface area contributed by atoms with E-state index in [0.717, 1.165) is 0 Å². The number of hydrogen-bond acceptors (Lipinski definition) is 5. The van der Waals surface area contributed by atoms with Gasteiger partial charge < -0.3 is 19.8 Å². The third-order valence-electron chi connectivity index (χ3n) is 2.95. The first kappa shape index (κ1) is 19.5. The normalized spacial score (nSPS) is 12.1. The lowest BCUT2D eigenvalue weighted by molar-refractivity contribution is -0.137. The molecule has 7 nitrogen and oxygen atoms in total. The number of anilines is 2. The zero-order valence-electron chi connectivity index (χ0n) is 12.6. The second-order valence-corrected chi connectivity index (χ2v) is 6.88. The fourth-order valence-corrected chi connectivity index (χ4v) is 2.82. The molecule has 12 heteroatoms. The summed E-state index contributed by atoms with van der Waals surface area (Å²) in [6, 6.07) is 4.24. The molecule has 25 heavy (non-hydrogen) atoms. The molecular weight excluding hydrogens is 386 g/mol. The van der Waals surface area contributed by atoms with Crippen LogP contribution in [-0.2, 0) is 16.9 Å². The molecule has 0 spiro atoms. The summed E-state index contributed by atoms with van der Waals surface area (Å²) >= 11 is 5.52. The van der Waals surface area contributed by atoms with Gasteiger partial charge in [0.25, 0.3) is 0 Å². The Hall–Kier alpha value is -1.87. The molecule has 0 fully saturated rings. The van der Waals surface area contributed by atoms with Gasteiger partial charge in [-0.1, -0.05) is 17.7 Å². The Balaban J connectivity index is 2.28. The highest BCUT2D eigenvalue weighted by molar-refractivity contribution is 7.50. The van der Waals surface area contributed by atoms with E-state index in [1.165, 1.54) is 25.3 Å². The summed E-state index contributed by atoms with van der Waals surface area (Å²) in [6.45, 7) is 0. The molecule has 0 aliphatic heterocycles. The fourth-order valence-electron chi connectivity index (χ4n) is 1.91. The molecule has 0 bridgehead atoms. The molecule has 2 rings (SSSR count). The Bertz CT molecular complexity index is 829. The largest absolute Gasteiger partial charge is 0.495 e. The Morgan fingerprint density at radius 1 is 1.36 bits per heavy atom. The smallest absolute Gasteiger partial charge is 0.420 e. The van der Waals surface area contributed by atoms with Crippen LogP contribution in [0.1, 0.15) is 11.1 Å². The molecule has 2 aromatic rings. The van der Waals surface area contributed by atoms with Gasteiger partial charge in [-0.25, -0.2) is 9.97 Å². The average Bonchev–Trinajstić information content (AvgIpc) is 2.46. The van der Waals surface area contributed by atoms with Crippen molar-refractivity contribution >= 4 is 30.8 Å². The van der Waals surface area contributed by atoms with Crippen LogP contribution >= 0.6 is 19.2 Å². The van der Waals surface area contributed by atoms with Crippen molar-refractivity contribution in [1.82, 2.24) is 9.97 Å². The topological polar surface area (TPSA) is 105 Å². The zero-order valence-corrected chi connectivity index (χ0v) is 14.2. The molecule has 3 N–H and O–H groups in total. The summed E-state index contributed by atoms with van der Waals surface area (Å²) in [6.07, 6.45) is -4.60. The predicted octanol–water partition coefficient (Wildman–Crippen LogP) is 3.58. The molecule has 1 heterocycles. The van der Waals surface area contributed by atoms with Crippen molar-refractivity contribution < 1.29 is 32.3 Å². The highest BCUT2D eigenvalue weighted by Crippen LogP contribution is 2.41. The molecule has 0 aliphatic rings. The van der Waals surface area contributed by atoms with E-state index in [1.807, 2.05) is 0 Å². The Kier molecular flexibility index (Phi) is 5.58. The Morgan fingerprint density at radius 2 is 2.04 bits per heavy atom. The molecule has 0 amide bonds. The van der Waals surface area contributed by atoms with Crippen LogP contribution in [0.15, 0.2) is 24.4 Å². The van der Waals surface area contributed by atoms with Gasteiger partial charge in [-0.2, -0.15) is 13.2 Å². The number of ether oxygens (including phenoxy) is 1. The number of hydrogen-bond donors (Lipinski definition) is 3. The number of halogens is 4. The quantitative estimate of drug-likeness (QED) is 0.523. The van der Waals surface area contributed by atoms with Crippen LogP contribution in [0.5, 0.6) is 5.75 Å². The number of nitrogens with zero attached hydrogens (tertiary/aromatic N) is 2. The zero-order chi connectivity index (χ0) is 18.8. The van der Waals surface area contributed by atoms with Crippen molar-refractivity contribution in [2.24, 2.45) is 0 Å². The molecule has 1 aromatic heterocycles. The highest BCUT2D eigenvalue weighted by atomic mass is 35.5. The van der Waals surface area contributed by atoms with E-state index in [4.69, 9.17) is 26.1 Å². The molecule has 0 atom stereocenters. The van der Waals surface area contributed by atoms with Crippen LogP contribution in [-0.4, -0.2) is 26.9 Å². The molecule has 0 saturated carbocycles. The molecule has 0 aliphatic carbocycles. The van der Waals surface area contributed by atoms with Gasteiger partial charge in [0, 0.05) is 6.20 Å². The van der Waals surface area contributed by atoms with Gasteiger partial charge >= 0.3 is 13.8 Å². The first-order valence-electron chi connectivity index (χ1n) is 6.58. The lowest BCUT2D eigenvalue weighted by Crippen LogP contribution is -2.09. The van der Waals surface area contributed by atoms with Crippen molar-refractivity contribution in [3.05, 3.63) is 40.7 Å². The van der Waals surface area contributed by atoms with Gasteiger partial charge in [0.2, 0.25) is 5.95 Å². The Labute approximate surface area is 145 Å². The minimum absolute atomic E-state index is 0.195. The number of benzene rings is 1. The third kappa shape index (κ3) is 5.30. The van der Waals surface area contributed by atoms with Gasteiger partial charge in [0.05, 0.1) is 19.0 Å². The van der Waals surface area contributed by atoms with Gasteiger partial charge in [0.15, 0.2) is 0 Å². The molecule has 136 valence electrons. The number of aromatic nitrogens is 2. The molecule has 1 aromatic carbocycles. The lowest BCUT2D eigenvalue weighted by atomic mass is 10.2. The van der Waals surface area contributed by atoms with Gasteiger partial charge in [-0.05, 0) is 17.7 Å². The van der Waals surface area contributed by atoms with Crippen molar-refractivity contribution in [2.75, 3.05) is 12.4 Å². The van der Waals surface area contributed by atoms with E-state index < -0.39 is 30.7 Å². The first-order chi connectivity index (χ1) is 11.5. The summed E-state index contributed by atoms with van der Waals surface area (Å²) in [7, 11) is -2.93. The van der Waals surface area contributed by atoms with Crippen LogP contribution < -0.4 is 10.1 Å². The van der Waals surface area contributed by atoms with Crippen LogP contribution in [0.4, 0.5) is 24.8 Å². The summed E-state index contributed by atoms with van der Waals surface area (Å²) in [5, 5.41) is 1.88. The molecule has 0 radical (unpaired) electrons. The van der Waals surface area contributed by atoms with Crippen LogP contribution in [0.2, 0.25) is 5.15 Å². The standard InChI is InChI=1S/C13H12ClF3N3O4P/c1-24-10-4-7(6-25(21,22)23)2-3-9(10)19-12-18-5-8(11(14)20-12)13(15,16)17/h2-5H,6H2,1H3,(H,18,19,20)(H2,21,22,23). The van der Waals surface area contributed by atoms with E-state index in [-0.39, 0.29) is 17.4 Å². The fraction of sp³-hybridized carbons (Fsp3) is 0.231. The maximum atomic E-state index is 12.6. The highest BCUT2D eigenvalue weighted by Gasteiger charge is 2.34. The van der Waals surface area contributed by atoms with Crippen LogP contribution in [0.3, 0.4) is 0 Å². The second-order valence-electron chi connectivity index (χ2n) is 4.88. The minimum atomic E-state index is -4.67. The van der Waals surface area contributed by atoms with Crippen molar-refractivity contribution in [3.63, 3.8) is 0 Å². The summed E-state index contributed by atoms with van der Waals surface area (Å²) < 4.78 is 54.0. The van der Waals surface area contributed by atoms with E-state index in [1.54, 1.807) is 0 Å². The maximum Gasteiger partial charge on any atom is 0.420 e. The maximum absolute atomic E-state index is 12.6. The number of rotatable bonds is 5. The first-order valence-corrected chi connectivity index (χ1v) is 8.75. The molecule has 0 unspecified atom stereocenters. The minimum Gasteiger partial charge on any atom is -0.495 e. The van der Waals surface area contributed by atoms with Crippen LogP contribution in [0, 0.1) is 0 Å². The summed E-state index contributed by atoms with van der Waals surface area (Å²) in [5.74, 6) is 0.00427. The number of alkyl halides is 3. The van der Waals surface area contributed by atoms with Crippen molar-refractivity contribution in [1.29, 1.82) is 0 Å². The summed E-state index contributed by atoms with van der Waals surface area (Å²) in [5.41, 5.74) is -0.557. The summed E-state index contributed by atoms with van der Waals surface area (Å²) in [4.78, 5) is 25.1. The van der Waals surface area contributed by atoms with E-state index >= 15 is 0 Å². The Morgan fingerprint density at radius 3 is 2.56 bits per heavy atom.